The summed E-state index contributed by atoms with van der Waals surface area (Å²) in [7, 11) is 1.88. The number of piperidine rings is 1. The van der Waals surface area contributed by atoms with E-state index in [-0.39, 0.29) is 17.7 Å². The maximum absolute atomic E-state index is 13.5. The largest absolute Gasteiger partial charge is 0.493 e. The minimum atomic E-state index is 0.0708. The number of carbonyl (C=O) groups is 2. The van der Waals surface area contributed by atoms with Crippen molar-refractivity contribution < 1.29 is 14.3 Å². The van der Waals surface area contributed by atoms with Crippen molar-refractivity contribution in [2.75, 3.05) is 32.8 Å². The highest BCUT2D eigenvalue weighted by molar-refractivity contribution is 5.96. The number of para-hydroxylation sites is 1. The average molecular weight is 439 g/mol. The summed E-state index contributed by atoms with van der Waals surface area (Å²) in [5.41, 5.74) is 2.41. The van der Waals surface area contributed by atoms with Gasteiger partial charge in [0.05, 0.1) is 17.9 Å². The fraction of sp³-hybridized carbons (Fsp3) is 0.560. The SMILES string of the molecule is CC(=O)N1CCC(C2CN(C(=O)c3c(C)nn(C)c3C)CC2COc2ccccc2)CC1. The second-order valence-electron chi connectivity index (χ2n) is 9.27. The van der Waals surface area contributed by atoms with Gasteiger partial charge in [0, 0.05) is 51.8 Å². The van der Waals surface area contributed by atoms with Crippen molar-refractivity contribution in [2.24, 2.45) is 24.8 Å². The molecule has 0 saturated carbocycles. The summed E-state index contributed by atoms with van der Waals surface area (Å²) in [5, 5.41) is 4.44. The molecule has 172 valence electrons. The normalized spacial score (nSPS) is 21.8. The molecule has 1 aromatic heterocycles. The van der Waals surface area contributed by atoms with Crippen molar-refractivity contribution in [3.63, 3.8) is 0 Å². The molecule has 2 aliphatic rings. The van der Waals surface area contributed by atoms with E-state index in [1.54, 1.807) is 11.6 Å². The quantitative estimate of drug-likeness (QED) is 0.720. The fourth-order valence-corrected chi connectivity index (χ4v) is 5.38. The van der Waals surface area contributed by atoms with Gasteiger partial charge >= 0.3 is 0 Å². The number of nitrogens with zero attached hydrogens (tertiary/aromatic N) is 4. The molecule has 32 heavy (non-hydrogen) atoms. The molecular formula is C25H34N4O3. The van der Waals surface area contributed by atoms with E-state index in [1.165, 1.54) is 0 Å². The molecule has 2 atom stereocenters. The lowest BCUT2D eigenvalue weighted by molar-refractivity contribution is -0.130. The molecule has 3 heterocycles. The molecule has 0 aliphatic carbocycles. The lowest BCUT2D eigenvalue weighted by Crippen LogP contribution is -2.40. The Labute approximate surface area is 190 Å². The van der Waals surface area contributed by atoms with Crippen molar-refractivity contribution in [1.29, 1.82) is 0 Å². The number of hydrogen-bond donors (Lipinski definition) is 0. The molecule has 0 bridgehead atoms. The van der Waals surface area contributed by atoms with Crippen LogP contribution in [-0.4, -0.2) is 64.2 Å². The highest BCUT2D eigenvalue weighted by atomic mass is 16.5. The molecule has 2 aliphatic heterocycles. The van der Waals surface area contributed by atoms with Crippen LogP contribution >= 0.6 is 0 Å². The van der Waals surface area contributed by atoms with E-state index in [0.29, 0.717) is 25.0 Å². The van der Waals surface area contributed by atoms with Crippen molar-refractivity contribution >= 4 is 11.8 Å². The molecule has 7 nitrogen and oxygen atoms in total. The van der Waals surface area contributed by atoms with Crippen molar-refractivity contribution in [2.45, 2.75) is 33.6 Å². The molecule has 4 rings (SSSR count). The Balaban J connectivity index is 1.50. The topological polar surface area (TPSA) is 67.7 Å². The first-order chi connectivity index (χ1) is 15.3. The van der Waals surface area contributed by atoms with Gasteiger partial charge in [-0.3, -0.25) is 14.3 Å². The summed E-state index contributed by atoms with van der Waals surface area (Å²) in [4.78, 5) is 29.2. The van der Waals surface area contributed by atoms with Gasteiger partial charge in [0.25, 0.3) is 5.91 Å². The maximum Gasteiger partial charge on any atom is 0.257 e. The van der Waals surface area contributed by atoms with E-state index >= 15 is 0 Å². The van der Waals surface area contributed by atoms with E-state index in [9.17, 15) is 9.59 Å². The Kier molecular flexibility index (Phi) is 6.53. The monoisotopic (exact) mass is 438 g/mol. The molecule has 0 radical (unpaired) electrons. The van der Waals surface area contributed by atoms with Gasteiger partial charge in [0.1, 0.15) is 5.75 Å². The first-order valence-electron chi connectivity index (χ1n) is 11.6. The van der Waals surface area contributed by atoms with E-state index < -0.39 is 0 Å². The molecule has 2 saturated heterocycles. The van der Waals surface area contributed by atoms with Gasteiger partial charge < -0.3 is 14.5 Å². The third-order valence-corrected chi connectivity index (χ3v) is 7.30. The third kappa shape index (κ3) is 4.52. The molecule has 2 amide bonds. The highest BCUT2D eigenvalue weighted by Gasteiger charge is 2.42. The second kappa shape index (κ2) is 9.35. The van der Waals surface area contributed by atoms with Crippen molar-refractivity contribution in [3.8, 4) is 5.75 Å². The van der Waals surface area contributed by atoms with Crippen LogP contribution in [0.4, 0.5) is 0 Å². The zero-order chi connectivity index (χ0) is 22.8. The zero-order valence-corrected chi connectivity index (χ0v) is 19.6. The van der Waals surface area contributed by atoms with Gasteiger partial charge in [0.15, 0.2) is 0 Å². The number of likely N-dealkylation sites (tertiary alicyclic amines) is 2. The second-order valence-corrected chi connectivity index (χ2v) is 9.27. The van der Waals surface area contributed by atoms with E-state index in [4.69, 9.17) is 4.74 Å². The number of rotatable bonds is 5. The number of carbonyl (C=O) groups excluding carboxylic acids is 2. The Hall–Kier alpha value is -2.83. The highest BCUT2D eigenvalue weighted by Crippen LogP contribution is 2.37. The third-order valence-electron chi connectivity index (χ3n) is 7.30. The Morgan fingerprint density at radius 1 is 1.06 bits per heavy atom. The van der Waals surface area contributed by atoms with Gasteiger partial charge in [-0.1, -0.05) is 18.2 Å². The molecule has 0 spiro atoms. The molecule has 1 aromatic carbocycles. The number of aromatic nitrogens is 2. The van der Waals surface area contributed by atoms with Crippen LogP contribution in [0.5, 0.6) is 5.75 Å². The van der Waals surface area contributed by atoms with Crippen molar-refractivity contribution in [3.05, 3.63) is 47.3 Å². The van der Waals surface area contributed by atoms with Crippen LogP contribution in [0.15, 0.2) is 30.3 Å². The summed E-state index contributed by atoms with van der Waals surface area (Å²) in [6.45, 7) is 9.13. The first kappa shape index (κ1) is 22.4. The molecule has 0 N–H and O–H groups in total. The van der Waals surface area contributed by atoms with Crippen LogP contribution in [0, 0.1) is 31.6 Å². The number of ether oxygens (including phenoxy) is 1. The fourth-order valence-electron chi connectivity index (χ4n) is 5.38. The number of aryl methyl sites for hydroxylation is 2. The van der Waals surface area contributed by atoms with Gasteiger partial charge in [-0.25, -0.2) is 0 Å². The first-order valence-corrected chi connectivity index (χ1v) is 11.6. The van der Waals surface area contributed by atoms with Gasteiger partial charge in [-0.05, 0) is 50.7 Å². The minimum absolute atomic E-state index is 0.0708. The van der Waals surface area contributed by atoms with Crippen LogP contribution < -0.4 is 4.74 Å². The summed E-state index contributed by atoms with van der Waals surface area (Å²) < 4.78 is 7.92. The maximum atomic E-state index is 13.5. The summed E-state index contributed by atoms with van der Waals surface area (Å²) >= 11 is 0. The lowest BCUT2D eigenvalue weighted by atomic mass is 9.78. The standard InChI is InChI=1S/C25H34N4O3/c1-17-24(18(2)27(4)26-17)25(31)29-14-21(16-32-22-8-6-5-7-9-22)23(15-29)20-10-12-28(13-11-20)19(3)30/h5-9,20-21,23H,10-16H2,1-4H3. The minimum Gasteiger partial charge on any atom is -0.493 e. The molecule has 2 fully saturated rings. The summed E-state index contributed by atoms with van der Waals surface area (Å²) in [5.74, 6) is 2.21. The average Bonchev–Trinajstić information content (AvgIpc) is 3.33. The predicted octanol–water partition coefficient (Wildman–Crippen LogP) is 3.06. The number of amides is 2. The Morgan fingerprint density at radius 2 is 1.75 bits per heavy atom. The summed E-state index contributed by atoms with van der Waals surface area (Å²) in [6.07, 6.45) is 1.97. The molecule has 2 unspecified atom stereocenters. The van der Waals surface area contributed by atoms with E-state index in [0.717, 1.165) is 55.2 Å². The molecular weight excluding hydrogens is 404 g/mol. The van der Waals surface area contributed by atoms with Crippen LogP contribution in [0.1, 0.15) is 41.5 Å². The lowest BCUT2D eigenvalue weighted by Gasteiger charge is -2.36. The van der Waals surface area contributed by atoms with Crippen LogP contribution in [-0.2, 0) is 11.8 Å². The van der Waals surface area contributed by atoms with Crippen molar-refractivity contribution in [1.82, 2.24) is 19.6 Å². The van der Waals surface area contributed by atoms with Crippen LogP contribution in [0.2, 0.25) is 0 Å². The molecule has 7 heteroatoms. The van der Waals surface area contributed by atoms with E-state index in [1.807, 2.05) is 61.0 Å². The number of benzene rings is 1. The Morgan fingerprint density at radius 3 is 2.34 bits per heavy atom. The van der Waals surface area contributed by atoms with Gasteiger partial charge in [-0.2, -0.15) is 5.10 Å². The predicted molar refractivity (Wildman–Crippen MR) is 122 cm³/mol. The van der Waals surface area contributed by atoms with Gasteiger partial charge in [-0.15, -0.1) is 0 Å². The van der Waals surface area contributed by atoms with Crippen LogP contribution in [0.25, 0.3) is 0 Å². The molecule has 2 aromatic rings. The Bertz CT molecular complexity index is 963. The van der Waals surface area contributed by atoms with E-state index in [2.05, 4.69) is 5.10 Å². The van der Waals surface area contributed by atoms with Crippen LogP contribution in [0.3, 0.4) is 0 Å². The summed E-state index contributed by atoms with van der Waals surface area (Å²) in [6, 6.07) is 9.87. The van der Waals surface area contributed by atoms with Gasteiger partial charge in [0.2, 0.25) is 5.91 Å². The zero-order valence-electron chi connectivity index (χ0n) is 19.6. The number of hydrogen-bond acceptors (Lipinski definition) is 4. The smallest absolute Gasteiger partial charge is 0.257 e.